The molecule has 21 heavy (non-hydrogen) atoms. The van der Waals surface area contributed by atoms with Crippen LogP contribution in [0.5, 0.6) is 0 Å². The van der Waals surface area contributed by atoms with Crippen LogP contribution < -0.4 is 0 Å². The summed E-state index contributed by atoms with van der Waals surface area (Å²) < 4.78 is 39.1. The number of alkyl halides is 3. The summed E-state index contributed by atoms with van der Waals surface area (Å²) in [6, 6.07) is 12.9. The third-order valence-electron chi connectivity index (χ3n) is 3.61. The molecule has 0 spiro atoms. The molecule has 110 valence electrons. The molecule has 1 N–H and O–H groups in total. The first-order valence-electron chi connectivity index (χ1n) is 6.55. The smallest absolute Gasteiger partial charge is 0.387 e. The van der Waals surface area contributed by atoms with Gasteiger partial charge in [-0.15, -0.1) is 11.8 Å². The molecule has 3 rings (SSSR count). The van der Waals surface area contributed by atoms with Crippen LogP contribution in [-0.2, 0) is 12.6 Å². The molecule has 1 nitrogen and oxygen atoms in total. The van der Waals surface area contributed by atoms with Gasteiger partial charge in [-0.25, -0.2) is 0 Å². The number of hydrogen-bond acceptors (Lipinski definition) is 2. The summed E-state index contributed by atoms with van der Waals surface area (Å²) in [4.78, 5) is 1.03. The standard InChI is InChI=1S/C16H13F3OS/c17-16(18,19)12-7-3-2-6-11(12)15(20)14-9-10-5-1-4-8-13(10)21-14/h1-8,14-15,20H,9H2. The molecule has 2 aromatic rings. The molecule has 0 aromatic heterocycles. The molecule has 0 bridgehead atoms. The van der Waals surface area contributed by atoms with Crippen LogP contribution in [-0.4, -0.2) is 10.4 Å². The Bertz CT molecular complexity index is 629. The van der Waals surface area contributed by atoms with Crippen molar-refractivity contribution in [3.63, 3.8) is 0 Å². The normalized spacial score (nSPS) is 19.3. The van der Waals surface area contributed by atoms with Crippen molar-refractivity contribution >= 4 is 11.8 Å². The van der Waals surface area contributed by atoms with Crippen molar-refractivity contribution in [2.75, 3.05) is 0 Å². The second kappa shape index (κ2) is 5.39. The van der Waals surface area contributed by atoms with Crippen molar-refractivity contribution < 1.29 is 18.3 Å². The van der Waals surface area contributed by atoms with Gasteiger partial charge in [0.05, 0.1) is 11.7 Å². The van der Waals surface area contributed by atoms with Crippen LogP contribution in [0.4, 0.5) is 13.2 Å². The van der Waals surface area contributed by atoms with Gasteiger partial charge in [-0.05, 0) is 29.7 Å². The summed E-state index contributed by atoms with van der Waals surface area (Å²) in [5, 5.41) is 10.1. The number of rotatable bonds is 2. The monoisotopic (exact) mass is 310 g/mol. The topological polar surface area (TPSA) is 20.2 Å². The largest absolute Gasteiger partial charge is 0.416 e. The van der Waals surface area contributed by atoms with E-state index in [1.54, 1.807) is 0 Å². The maximum atomic E-state index is 13.0. The van der Waals surface area contributed by atoms with Crippen LogP contribution in [0, 0.1) is 0 Å². The number of aliphatic hydroxyl groups excluding tert-OH is 1. The van der Waals surface area contributed by atoms with E-state index in [2.05, 4.69) is 0 Å². The highest BCUT2D eigenvalue weighted by molar-refractivity contribution is 8.00. The van der Waals surface area contributed by atoms with Gasteiger partial charge >= 0.3 is 6.18 Å². The van der Waals surface area contributed by atoms with E-state index >= 15 is 0 Å². The van der Waals surface area contributed by atoms with E-state index < -0.39 is 17.8 Å². The molecule has 1 aliphatic heterocycles. The fourth-order valence-electron chi connectivity index (χ4n) is 2.60. The second-order valence-electron chi connectivity index (χ2n) is 5.00. The van der Waals surface area contributed by atoms with Crippen molar-refractivity contribution in [2.24, 2.45) is 0 Å². The Labute approximate surface area is 124 Å². The van der Waals surface area contributed by atoms with E-state index in [1.165, 1.54) is 30.0 Å². The van der Waals surface area contributed by atoms with Crippen molar-refractivity contribution in [1.82, 2.24) is 0 Å². The third kappa shape index (κ3) is 2.80. The zero-order chi connectivity index (χ0) is 15.0. The third-order valence-corrected chi connectivity index (χ3v) is 4.99. The van der Waals surface area contributed by atoms with E-state index in [0.29, 0.717) is 6.42 Å². The van der Waals surface area contributed by atoms with Gasteiger partial charge in [0.25, 0.3) is 0 Å². The average Bonchev–Trinajstić information content (AvgIpc) is 2.89. The average molecular weight is 310 g/mol. The van der Waals surface area contributed by atoms with Crippen LogP contribution in [0.3, 0.4) is 0 Å². The van der Waals surface area contributed by atoms with Crippen LogP contribution >= 0.6 is 11.8 Å². The molecule has 0 radical (unpaired) electrons. The molecule has 2 unspecified atom stereocenters. The van der Waals surface area contributed by atoms with Crippen LogP contribution in [0.15, 0.2) is 53.4 Å². The van der Waals surface area contributed by atoms with Gasteiger partial charge in [0.15, 0.2) is 0 Å². The molecule has 1 heterocycles. The lowest BCUT2D eigenvalue weighted by atomic mass is 9.97. The Morgan fingerprint density at radius 1 is 1.05 bits per heavy atom. The van der Waals surface area contributed by atoms with E-state index in [9.17, 15) is 18.3 Å². The lowest BCUT2D eigenvalue weighted by Crippen LogP contribution is -2.19. The zero-order valence-corrected chi connectivity index (χ0v) is 11.8. The lowest BCUT2D eigenvalue weighted by molar-refractivity contribution is -0.139. The molecule has 2 atom stereocenters. The van der Waals surface area contributed by atoms with Crippen LogP contribution in [0.2, 0.25) is 0 Å². The molecule has 1 aliphatic rings. The summed E-state index contributed by atoms with van der Waals surface area (Å²) >= 11 is 1.44. The van der Waals surface area contributed by atoms with Gasteiger partial charge in [0.2, 0.25) is 0 Å². The van der Waals surface area contributed by atoms with E-state index in [-0.39, 0.29) is 10.8 Å². The molecule has 0 aliphatic carbocycles. The fraction of sp³-hybridized carbons (Fsp3) is 0.250. The van der Waals surface area contributed by atoms with Gasteiger partial charge < -0.3 is 5.11 Å². The van der Waals surface area contributed by atoms with Gasteiger partial charge in [-0.2, -0.15) is 13.2 Å². The molecule has 5 heteroatoms. The number of fused-ring (bicyclic) bond motifs is 1. The molecule has 0 saturated heterocycles. The predicted octanol–water partition coefficient (Wildman–Crippen LogP) is 4.46. The molecule has 0 saturated carbocycles. The minimum absolute atomic E-state index is 0.0460. The fourth-order valence-corrected chi connectivity index (χ4v) is 3.92. The van der Waals surface area contributed by atoms with Crippen molar-refractivity contribution in [3.05, 3.63) is 65.2 Å². The molecular formula is C16H13F3OS. The van der Waals surface area contributed by atoms with Gasteiger partial charge in [-0.1, -0.05) is 36.4 Å². The molecule has 0 amide bonds. The molecular weight excluding hydrogens is 297 g/mol. The highest BCUT2D eigenvalue weighted by Gasteiger charge is 2.37. The van der Waals surface area contributed by atoms with Crippen LogP contribution in [0.25, 0.3) is 0 Å². The Kier molecular flexibility index (Phi) is 3.71. The summed E-state index contributed by atoms with van der Waals surface area (Å²) in [6.45, 7) is 0. The molecule has 2 aromatic carbocycles. The Balaban J connectivity index is 1.90. The zero-order valence-electron chi connectivity index (χ0n) is 11.0. The SMILES string of the molecule is OC(c1ccccc1C(F)(F)F)C1Cc2ccccc2S1. The first-order valence-corrected chi connectivity index (χ1v) is 7.43. The Morgan fingerprint density at radius 3 is 2.43 bits per heavy atom. The number of benzene rings is 2. The van der Waals surface area contributed by atoms with Crippen molar-refractivity contribution in [3.8, 4) is 0 Å². The number of thioether (sulfide) groups is 1. The second-order valence-corrected chi connectivity index (χ2v) is 6.28. The highest BCUT2D eigenvalue weighted by atomic mass is 32.2. The maximum Gasteiger partial charge on any atom is 0.416 e. The minimum Gasteiger partial charge on any atom is -0.387 e. The predicted molar refractivity (Wildman–Crippen MR) is 76.2 cm³/mol. The van der Waals surface area contributed by atoms with Crippen molar-refractivity contribution in [2.45, 2.75) is 28.8 Å². The first-order chi connectivity index (χ1) is 9.97. The Hall–Kier alpha value is -1.46. The maximum absolute atomic E-state index is 13.0. The number of halogens is 3. The Morgan fingerprint density at radius 2 is 1.71 bits per heavy atom. The van der Waals surface area contributed by atoms with Gasteiger partial charge in [0, 0.05) is 10.1 Å². The van der Waals surface area contributed by atoms with Crippen LogP contribution in [0.1, 0.15) is 22.8 Å². The number of aliphatic hydroxyl groups is 1. The summed E-state index contributed by atoms with van der Waals surface area (Å²) in [5.74, 6) is 0. The van der Waals surface area contributed by atoms with Crippen molar-refractivity contribution in [1.29, 1.82) is 0 Å². The van der Waals surface area contributed by atoms with Gasteiger partial charge in [-0.3, -0.25) is 0 Å². The first kappa shape index (κ1) is 14.5. The quantitative estimate of drug-likeness (QED) is 0.884. The lowest BCUT2D eigenvalue weighted by Gasteiger charge is -2.21. The summed E-state index contributed by atoms with van der Waals surface area (Å²) in [5.41, 5.74) is 0.278. The molecule has 0 fully saturated rings. The summed E-state index contributed by atoms with van der Waals surface area (Å²) in [6.07, 6.45) is -5.01. The van der Waals surface area contributed by atoms with E-state index in [4.69, 9.17) is 0 Å². The van der Waals surface area contributed by atoms with E-state index in [0.717, 1.165) is 16.5 Å². The minimum atomic E-state index is -4.45. The highest BCUT2D eigenvalue weighted by Crippen LogP contribution is 2.44. The number of hydrogen-bond donors (Lipinski definition) is 1. The van der Waals surface area contributed by atoms with Gasteiger partial charge in [0.1, 0.15) is 0 Å². The van der Waals surface area contributed by atoms with E-state index in [1.807, 2.05) is 24.3 Å². The summed E-state index contributed by atoms with van der Waals surface area (Å²) in [7, 11) is 0.